The van der Waals surface area contributed by atoms with Gasteiger partial charge in [0.05, 0.1) is 5.69 Å². The third-order valence-electron chi connectivity index (χ3n) is 2.80. The summed E-state index contributed by atoms with van der Waals surface area (Å²) < 4.78 is 27.6. The molecule has 104 valence electrons. The van der Waals surface area contributed by atoms with Crippen LogP contribution >= 0.6 is 15.9 Å². The first kappa shape index (κ1) is 14.5. The topological polar surface area (TPSA) is 55.1 Å². The van der Waals surface area contributed by atoms with Crippen LogP contribution in [0, 0.1) is 18.6 Å². The third-order valence-corrected chi connectivity index (χ3v) is 3.29. The van der Waals surface area contributed by atoms with Crippen molar-refractivity contribution in [3.8, 4) is 0 Å². The standard InChI is InChI=1S/C14H11BrF2N2O/c1-7-6-8(15)2-3-9(7)14(20)19-13-11(18)5-4-10(16)12(13)17/h2-6H,18H2,1H3,(H,19,20). The number of benzene rings is 2. The predicted molar refractivity (Wildman–Crippen MR) is 77.6 cm³/mol. The van der Waals surface area contributed by atoms with E-state index in [-0.39, 0.29) is 11.4 Å². The minimum atomic E-state index is -1.17. The van der Waals surface area contributed by atoms with Gasteiger partial charge in [0, 0.05) is 10.0 Å². The molecule has 0 atom stereocenters. The minimum absolute atomic E-state index is 0.0352. The van der Waals surface area contributed by atoms with E-state index in [9.17, 15) is 13.6 Å². The van der Waals surface area contributed by atoms with Crippen molar-refractivity contribution >= 4 is 33.2 Å². The van der Waals surface area contributed by atoms with E-state index in [1.54, 1.807) is 25.1 Å². The summed E-state index contributed by atoms with van der Waals surface area (Å²) >= 11 is 3.28. The quantitative estimate of drug-likeness (QED) is 0.815. The van der Waals surface area contributed by atoms with Gasteiger partial charge in [-0.25, -0.2) is 8.78 Å². The molecule has 0 aliphatic rings. The smallest absolute Gasteiger partial charge is 0.256 e. The van der Waals surface area contributed by atoms with Crippen molar-refractivity contribution in [2.45, 2.75) is 6.92 Å². The summed E-state index contributed by atoms with van der Waals surface area (Å²) in [6, 6.07) is 7.13. The van der Waals surface area contributed by atoms with E-state index in [1.807, 2.05) is 0 Å². The Balaban J connectivity index is 2.35. The summed E-state index contributed by atoms with van der Waals surface area (Å²) in [7, 11) is 0. The molecule has 0 aromatic heterocycles. The molecule has 0 aliphatic carbocycles. The molecular formula is C14H11BrF2N2O. The van der Waals surface area contributed by atoms with Gasteiger partial charge in [0.1, 0.15) is 5.69 Å². The lowest BCUT2D eigenvalue weighted by atomic mass is 10.1. The first-order valence-corrected chi connectivity index (χ1v) is 6.50. The van der Waals surface area contributed by atoms with E-state index in [0.29, 0.717) is 11.1 Å². The van der Waals surface area contributed by atoms with Crippen molar-refractivity contribution in [3.05, 3.63) is 57.6 Å². The van der Waals surface area contributed by atoms with Gasteiger partial charge in [0.25, 0.3) is 5.91 Å². The van der Waals surface area contributed by atoms with Crippen LogP contribution in [0.5, 0.6) is 0 Å². The van der Waals surface area contributed by atoms with Gasteiger partial charge < -0.3 is 11.1 Å². The van der Waals surface area contributed by atoms with Crippen LogP contribution in [0.25, 0.3) is 0 Å². The van der Waals surface area contributed by atoms with Crippen LogP contribution in [0.1, 0.15) is 15.9 Å². The molecule has 0 saturated carbocycles. The number of nitrogens with two attached hydrogens (primary N) is 1. The van der Waals surface area contributed by atoms with Crippen molar-refractivity contribution in [2.24, 2.45) is 0 Å². The van der Waals surface area contributed by atoms with E-state index in [2.05, 4.69) is 21.2 Å². The fraction of sp³-hybridized carbons (Fsp3) is 0.0714. The number of halogens is 3. The second kappa shape index (κ2) is 5.58. The maximum atomic E-state index is 13.6. The molecule has 0 spiro atoms. The van der Waals surface area contributed by atoms with Crippen molar-refractivity contribution < 1.29 is 13.6 Å². The van der Waals surface area contributed by atoms with Crippen LogP contribution in [0.4, 0.5) is 20.2 Å². The number of nitrogens with one attached hydrogen (secondary N) is 1. The molecule has 6 heteroatoms. The number of aryl methyl sites for hydroxylation is 1. The summed E-state index contributed by atoms with van der Waals surface area (Å²) in [5, 5.41) is 2.30. The van der Waals surface area contributed by atoms with Gasteiger partial charge in [0.2, 0.25) is 0 Å². The predicted octanol–water partition coefficient (Wildman–Crippen LogP) is 3.87. The molecule has 0 heterocycles. The first-order chi connectivity index (χ1) is 9.40. The lowest BCUT2D eigenvalue weighted by Gasteiger charge is -2.11. The van der Waals surface area contributed by atoms with Crippen molar-refractivity contribution in [2.75, 3.05) is 11.1 Å². The average molecular weight is 341 g/mol. The van der Waals surface area contributed by atoms with Gasteiger partial charge in [-0.05, 0) is 42.8 Å². The van der Waals surface area contributed by atoms with Gasteiger partial charge in [-0.1, -0.05) is 15.9 Å². The first-order valence-electron chi connectivity index (χ1n) is 5.71. The Labute approximate surface area is 122 Å². The van der Waals surface area contributed by atoms with E-state index < -0.39 is 17.5 Å². The van der Waals surface area contributed by atoms with Gasteiger partial charge in [-0.2, -0.15) is 0 Å². The monoisotopic (exact) mass is 340 g/mol. The molecule has 0 saturated heterocycles. The largest absolute Gasteiger partial charge is 0.397 e. The van der Waals surface area contributed by atoms with Gasteiger partial charge in [-0.15, -0.1) is 0 Å². The summed E-state index contributed by atoms with van der Waals surface area (Å²) in [4.78, 5) is 12.1. The Morgan fingerprint density at radius 1 is 1.25 bits per heavy atom. The highest BCUT2D eigenvalue weighted by atomic mass is 79.9. The highest BCUT2D eigenvalue weighted by Crippen LogP contribution is 2.26. The Morgan fingerprint density at radius 2 is 1.95 bits per heavy atom. The number of hydrogen-bond acceptors (Lipinski definition) is 2. The summed E-state index contributed by atoms with van der Waals surface area (Å²) in [5.74, 6) is -2.79. The van der Waals surface area contributed by atoms with E-state index in [1.165, 1.54) is 6.07 Å². The number of rotatable bonds is 2. The molecule has 2 rings (SSSR count). The molecule has 3 N–H and O–H groups in total. The number of hydrogen-bond donors (Lipinski definition) is 2. The van der Waals surface area contributed by atoms with Crippen molar-refractivity contribution in [1.29, 1.82) is 0 Å². The zero-order chi connectivity index (χ0) is 14.9. The normalized spacial score (nSPS) is 10.4. The minimum Gasteiger partial charge on any atom is -0.397 e. The number of nitrogen functional groups attached to an aromatic ring is 1. The molecule has 3 nitrogen and oxygen atoms in total. The van der Waals surface area contributed by atoms with Gasteiger partial charge >= 0.3 is 0 Å². The second-order valence-corrected chi connectivity index (χ2v) is 5.15. The van der Waals surface area contributed by atoms with Crippen LogP contribution in [-0.2, 0) is 0 Å². The third kappa shape index (κ3) is 2.80. The molecule has 0 radical (unpaired) electrons. The number of anilines is 2. The second-order valence-electron chi connectivity index (χ2n) is 4.24. The number of carbonyl (C=O) groups excluding carboxylic acids is 1. The Kier molecular flexibility index (Phi) is 4.04. The van der Waals surface area contributed by atoms with Crippen molar-refractivity contribution in [3.63, 3.8) is 0 Å². The lowest BCUT2D eigenvalue weighted by molar-refractivity contribution is 0.102. The van der Waals surface area contributed by atoms with Crippen LogP contribution < -0.4 is 11.1 Å². The van der Waals surface area contributed by atoms with Crippen LogP contribution in [-0.4, -0.2) is 5.91 Å². The Hall–Kier alpha value is -1.95. The molecule has 2 aromatic rings. The fourth-order valence-corrected chi connectivity index (χ4v) is 2.23. The zero-order valence-electron chi connectivity index (χ0n) is 10.5. The van der Waals surface area contributed by atoms with E-state index >= 15 is 0 Å². The highest BCUT2D eigenvalue weighted by molar-refractivity contribution is 9.10. The van der Waals surface area contributed by atoms with Crippen molar-refractivity contribution in [1.82, 2.24) is 0 Å². The molecule has 0 fully saturated rings. The Morgan fingerprint density at radius 3 is 2.60 bits per heavy atom. The number of carbonyl (C=O) groups is 1. The van der Waals surface area contributed by atoms with E-state index in [0.717, 1.165) is 10.5 Å². The molecule has 1 amide bonds. The van der Waals surface area contributed by atoms with E-state index in [4.69, 9.17) is 5.73 Å². The molecule has 0 bridgehead atoms. The van der Waals surface area contributed by atoms with Gasteiger partial charge in [-0.3, -0.25) is 4.79 Å². The molecule has 0 aliphatic heterocycles. The van der Waals surface area contributed by atoms with Gasteiger partial charge in [0.15, 0.2) is 11.6 Å². The molecule has 20 heavy (non-hydrogen) atoms. The molecule has 2 aromatic carbocycles. The Bertz CT molecular complexity index is 689. The van der Waals surface area contributed by atoms with Crippen LogP contribution in [0.2, 0.25) is 0 Å². The van der Waals surface area contributed by atoms with Crippen LogP contribution in [0.3, 0.4) is 0 Å². The molecule has 0 unspecified atom stereocenters. The lowest BCUT2D eigenvalue weighted by Crippen LogP contribution is -2.16. The summed E-state index contributed by atoms with van der Waals surface area (Å²) in [5.41, 5.74) is 6.22. The maximum absolute atomic E-state index is 13.6. The summed E-state index contributed by atoms with van der Waals surface area (Å²) in [6.07, 6.45) is 0. The highest BCUT2D eigenvalue weighted by Gasteiger charge is 2.16. The molecular weight excluding hydrogens is 330 g/mol. The number of amides is 1. The zero-order valence-corrected chi connectivity index (χ0v) is 12.1. The average Bonchev–Trinajstić information content (AvgIpc) is 2.39. The van der Waals surface area contributed by atoms with Crippen LogP contribution in [0.15, 0.2) is 34.8 Å². The SMILES string of the molecule is Cc1cc(Br)ccc1C(=O)Nc1c(N)ccc(F)c1F. The summed E-state index contributed by atoms with van der Waals surface area (Å²) in [6.45, 7) is 1.74. The maximum Gasteiger partial charge on any atom is 0.256 e. The fourth-order valence-electron chi connectivity index (χ4n) is 1.76.